The van der Waals surface area contributed by atoms with E-state index in [0.29, 0.717) is 25.6 Å². The molecule has 0 aliphatic rings. The molecule has 1 N–H and O–H groups in total. The highest BCUT2D eigenvalue weighted by Crippen LogP contribution is 2.13. The summed E-state index contributed by atoms with van der Waals surface area (Å²) in [6, 6.07) is 6.47. The van der Waals surface area contributed by atoms with Crippen LogP contribution in [0.2, 0.25) is 0 Å². The van der Waals surface area contributed by atoms with Crippen molar-refractivity contribution < 1.29 is 19.4 Å². The Morgan fingerprint density at radius 2 is 2.19 bits per heavy atom. The van der Waals surface area contributed by atoms with Gasteiger partial charge in [0, 0.05) is 19.6 Å². The second-order valence-electron chi connectivity index (χ2n) is 3.23. The van der Waals surface area contributed by atoms with Gasteiger partial charge in [0.1, 0.15) is 5.75 Å². The molecule has 0 radical (unpaired) electrons. The summed E-state index contributed by atoms with van der Waals surface area (Å²) in [5, 5.41) is 8.78. The van der Waals surface area contributed by atoms with Gasteiger partial charge in [-0.25, -0.2) is 4.79 Å². The molecule has 0 aromatic heterocycles. The van der Waals surface area contributed by atoms with E-state index >= 15 is 0 Å². The van der Waals surface area contributed by atoms with E-state index in [2.05, 4.69) is 0 Å². The first-order chi connectivity index (χ1) is 7.74. The van der Waals surface area contributed by atoms with E-state index in [0.717, 1.165) is 6.42 Å². The van der Waals surface area contributed by atoms with Crippen molar-refractivity contribution >= 4 is 5.97 Å². The first-order valence-corrected chi connectivity index (χ1v) is 5.28. The van der Waals surface area contributed by atoms with Gasteiger partial charge in [-0.2, -0.15) is 0 Å². The second kappa shape index (κ2) is 6.85. The predicted octanol–water partition coefficient (Wildman–Crippen LogP) is 2.19. The maximum absolute atomic E-state index is 10.7. The Labute approximate surface area is 94.8 Å². The van der Waals surface area contributed by atoms with Crippen LogP contribution in [0.3, 0.4) is 0 Å². The van der Waals surface area contributed by atoms with E-state index in [1.165, 1.54) is 12.1 Å². The lowest BCUT2D eigenvalue weighted by molar-refractivity contribution is 0.0696. The molecule has 0 saturated carbocycles. The van der Waals surface area contributed by atoms with Crippen LogP contribution in [0.15, 0.2) is 24.3 Å². The lowest BCUT2D eigenvalue weighted by atomic mass is 10.2. The lowest BCUT2D eigenvalue weighted by Gasteiger charge is -2.06. The van der Waals surface area contributed by atoms with Crippen molar-refractivity contribution in [3.05, 3.63) is 29.8 Å². The Bertz CT molecular complexity index is 336. The maximum atomic E-state index is 10.7. The highest BCUT2D eigenvalue weighted by Gasteiger charge is 2.03. The van der Waals surface area contributed by atoms with Gasteiger partial charge >= 0.3 is 5.97 Å². The lowest BCUT2D eigenvalue weighted by Crippen LogP contribution is -2.03. The number of carboxylic acids is 1. The molecular weight excluding hydrogens is 208 g/mol. The van der Waals surface area contributed by atoms with Crippen molar-refractivity contribution in [2.45, 2.75) is 13.3 Å². The van der Waals surface area contributed by atoms with Crippen molar-refractivity contribution in [3.63, 3.8) is 0 Å². The number of hydrogen-bond donors (Lipinski definition) is 1. The Balaban J connectivity index is 2.36. The Morgan fingerprint density at radius 1 is 1.38 bits per heavy atom. The molecule has 0 aliphatic heterocycles. The minimum atomic E-state index is -0.945. The van der Waals surface area contributed by atoms with Crippen LogP contribution in [-0.2, 0) is 4.74 Å². The maximum Gasteiger partial charge on any atom is 0.335 e. The van der Waals surface area contributed by atoms with E-state index < -0.39 is 5.97 Å². The first kappa shape index (κ1) is 12.5. The average Bonchev–Trinajstić information content (AvgIpc) is 2.29. The van der Waals surface area contributed by atoms with Crippen LogP contribution in [0.1, 0.15) is 23.7 Å². The topological polar surface area (TPSA) is 55.8 Å². The number of ether oxygens (including phenoxy) is 2. The fraction of sp³-hybridized carbons (Fsp3) is 0.417. The number of hydrogen-bond acceptors (Lipinski definition) is 3. The summed E-state index contributed by atoms with van der Waals surface area (Å²) < 4.78 is 10.6. The molecular formula is C12H16O4. The largest absolute Gasteiger partial charge is 0.493 e. The number of rotatable bonds is 7. The molecule has 1 rings (SSSR count). The molecule has 0 heterocycles. The van der Waals surface area contributed by atoms with Gasteiger partial charge in [0.05, 0.1) is 12.2 Å². The number of aromatic carboxylic acids is 1. The number of benzene rings is 1. The summed E-state index contributed by atoms with van der Waals surface area (Å²) in [5.41, 5.74) is 0.238. The third kappa shape index (κ3) is 4.31. The molecule has 0 fully saturated rings. The molecule has 88 valence electrons. The van der Waals surface area contributed by atoms with Crippen LogP contribution in [0.4, 0.5) is 0 Å². The van der Waals surface area contributed by atoms with E-state index in [4.69, 9.17) is 14.6 Å². The molecule has 1 aromatic rings. The molecule has 4 nitrogen and oxygen atoms in total. The standard InChI is InChI=1S/C12H16O4/c1-2-15-7-4-8-16-11-6-3-5-10(9-11)12(13)14/h3,5-6,9H,2,4,7-8H2,1H3,(H,13,14). The van der Waals surface area contributed by atoms with Crippen LogP contribution in [-0.4, -0.2) is 30.9 Å². The Morgan fingerprint density at radius 3 is 2.88 bits per heavy atom. The second-order valence-corrected chi connectivity index (χ2v) is 3.23. The first-order valence-electron chi connectivity index (χ1n) is 5.28. The molecule has 0 unspecified atom stereocenters. The van der Waals surface area contributed by atoms with Gasteiger partial charge in [0.15, 0.2) is 0 Å². The molecule has 16 heavy (non-hydrogen) atoms. The van der Waals surface area contributed by atoms with Crippen LogP contribution >= 0.6 is 0 Å². The minimum absolute atomic E-state index is 0.238. The van der Waals surface area contributed by atoms with Crippen molar-refractivity contribution in [1.82, 2.24) is 0 Å². The molecule has 0 aliphatic carbocycles. The van der Waals surface area contributed by atoms with Crippen LogP contribution in [0, 0.1) is 0 Å². The zero-order valence-corrected chi connectivity index (χ0v) is 9.31. The fourth-order valence-corrected chi connectivity index (χ4v) is 1.21. The molecule has 4 heteroatoms. The van der Waals surface area contributed by atoms with Gasteiger partial charge in [-0.15, -0.1) is 0 Å². The van der Waals surface area contributed by atoms with Crippen molar-refractivity contribution in [1.29, 1.82) is 0 Å². The van der Waals surface area contributed by atoms with Crippen LogP contribution in [0.5, 0.6) is 5.75 Å². The number of carboxylic acid groups (broad SMARTS) is 1. The van der Waals surface area contributed by atoms with E-state index in [1.807, 2.05) is 6.92 Å². The smallest absolute Gasteiger partial charge is 0.335 e. The minimum Gasteiger partial charge on any atom is -0.493 e. The molecule has 0 atom stereocenters. The molecule has 1 aromatic carbocycles. The zero-order valence-electron chi connectivity index (χ0n) is 9.31. The van der Waals surface area contributed by atoms with E-state index in [1.54, 1.807) is 12.1 Å². The molecule has 0 bridgehead atoms. The summed E-state index contributed by atoms with van der Waals surface area (Å²) in [6.07, 6.45) is 0.797. The summed E-state index contributed by atoms with van der Waals surface area (Å²) in [6.45, 7) is 3.84. The van der Waals surface area contributed by atoms with Gasteiger partial charge < -0.3 is 14.6 Å². The van der Waals surface area contributed by atoms with Gasteiger partial charge in [-0.1, -0.05) is 6.07 Å². The third-order valence-corrected chi connectivity index (χ3v) is 1.99. The fourth-order valence-electron chi connectivity index (χ4n) is 1.21. The van der Waals surface area contributed by atoms with Gasteiger partial charge in [0.2, 0.25) is 0 Å². The highest BCUT2D eigenvalue weighted by atomic mass is 16.5. The van der Waals surface area contributed by atoms with E-state index in [9.17, 15) is 4.79 Å². The Hall–Kier alpha value is -1.55. The summed E-state index contributed by atoms with van der Waals surface area (Å²) in [5.74, 6) is -0.365. The number of carbonyl (C=O) groups is 1. The molecule has 0 saturated heterocycles. The third-order valence-electron chi connectivity index (χ3n) is 1.99. The quantitative estimate of drug-likeness (QED) is 0.721. The van der Waals surface area contributed by atoms with Gasteiger partial charge in [-0.05, 0) is 25.1 Å². The van der Waals surface area contributed by atoms with Crippen molar-refractivity contribution in [2.24, 2.45) is 0 Å². The van der Waals surface area contributed by atoms with Gasteiger partial charge in [-0.3, -0.25) is 0 Å². The van der Waals surface area contributed by atoms with Gasteiger partial charge in [0.25, 0.3) is 0 Å². The van der Waals surface area contributed by atoms with Crippen LogP contribution in [0.25, 0.3) is 0 Å². The molecule has 0 amide bonds. The summed E-state index contributed by atoms with van der Waals surface area (Å²) in [4.78, 5) is 10.7. The van der Waals surface area contributed by atoms with Crippen LogP contribution < -0.4 is 4.74 Å². The normalized spacial score (nSPS) is 10.1. The molecule has 0 spiro atoms. The summed E-state index contributed by atoms with van der Waals surface area (Å²) in [7, 11) is 0. The SMILES string of the molecule is CCOCCCOc1cccc(C(=O)O)c1. The van der Waals surface area contributed by atoms with Crippen molar-refractivity contribution in [3.8, 4) is 5.75 Å². The zero-order chi connectivity index (χ0) is 11.8. The Kier molecular flexibility index (Phi) is 5.36. The average molecular weight is 224 g/mol. The monoisotopic (exact) mass is 224 g/mol. The summed E-state index contributed by atoms with van der Waals surface area (Å²) >= 11 is 0. The highest BCUT2D eigenvalue weighted by molar-refractivity contribution is 5.87. The van der Waals surface area contributed by atoms with E-state index in [-0.39, 0.29) is 5.56 Å². The van der Waals surface area contributed by atoms with Crippen molar-refractivity contribution in [2.75, 3.05) is 19.8 Å². The predicted molar refractivity (Wildman–Crippen MR) is 60.0 cm³/mol.